The molecule has 1 aliphatic heterocycles. The molecule has 3 rings (SSSR count). The van der Waals surface area contributed by atoms with Crippen LogP contribution in [0.2, 0.25) is 0 Å². The zero-order valence-electron chi connectivity index (χ0n) is 10.2. The SMILES string of the molecule is O=C1CSc2ccc(NC(=O)c3cc(Br)c[nH]3)cc2N1. The smallest absolute Gasteiger partial charge is 0.272 e. The van der Waals surface area contributed by atoms with Gasteiger partial charge in [0.15, 0.2) is 0 Å². The highest BCUT2D eigenvalue weighted by Crippen LogP contribution is 2.33. The molecular weight excluding hydrogens is 342 g/mol. The Kier molecular flexibility index (Phi) is 3.54. The maximum Gasteiger partial charge on any atom is 0.272 e. The van der Waals surface area contributed by atoms with Crippen molar-refractivity contribution < 1.29 is 9.59 Å². The Labute approximate surface area is 127 Å². The number of carbonyl (C=O) groups excluding carboxylic acids is 2. The molecule has 2 heterocycles. The molecule has 2 aromatic rings. The molecule has 1 aromatic carbocycles. The molecule has 102 valence electrons. The van der Waals surface area contributed by atoms with Crippen molar-refractivity contribution in [3.63, 3.8) is 0 Å². The van der Waals surface area contributed by atoms with Crippen LogP contribution in [0.4, 0.5) is 11.4 Å². The molecule has 7 heteroatoms. The van der Waals surface area contributed by atoms with E-state index in [1.54, 1.807) is 18.3 Å². The number of hydrogen-bond donors (Lipinski definition) is 3. The molecule has 0 saturated carbocycles. The van der Waals surface area contributed by atoms with Gasteiger partial charge in [-0.25, -0.2) is 0 Å². The third-order valence-electron chi connectivity index (χ3n) is 2.76. The lowest BCUT2D eigenvalue weighted by atomic mass is 10.2. The number of rotatable bonds is 2. The number of H-pyrrole nitrogens is 1. The van der Waals surface area contributed by atoms with Crippen LogP contribution >= 0.6 is 27.7 Å². The van der Waals surface area contributed by atoms with Gasteiger partial charge >= 0.3 is 0 Å². The van der Waals surface area contributed by atoms with Crippen molar-refractivity contribution in [3.05, 3.63) is 40.6 Å². The van der Waals surface area contributed by atoms with Crippen molar-refractivity contribution >= 4 is 50.9 Å². The lowest BCUT2D eigenvalue weighted by Crippen LogP contribution is -2.19. The molecule has 0 unspecified atom stereocenters. The molecule has 2 amide bonds. The van der Waals surface area contributed by atoms with E-state index in [1.165, 1.54) is 11.8 Å². The topological polar surface area (TPSA) is 74.0 Å². The second kappa shape index (κ2) is 5.34. The van der Waals surface area contributed by atoms with Gasteiger partial charge in [0.1, 0.15) is 5.69 Å². The van der Waals surface area contributed by atoms with Crippen molar-refractivity contribution in [2.75, 3.05) is 16.4 Å². The van der Waals surface area contributed by atoms with Gasteiger partial charge < -0.3 is 15.6 Å². The highest BCUT2D eigenvalue weighted by Gasteiger charge is 2.16. The predicted molar refractivity (Wildman–Crippen MR) is 82.2 cm³/mol. The van der Waals surface area contributed by atoms with E-state index in [-0.39, 0.29) is 11.8 Å². The van der Waals surface area contributed by atoms with Gasteiger partial charge in [0.2, 0.25) is 5.91 Å². The maximum atomic E-state index is 12.0. The second-order valence-electron chi connectivity index (χ2n) is 4.23. The van der Waals surface area contributed by atoms with Crippen molar-refractivity contribution in [2.24, 2.45) is 0 Å². The Balaban J connectivity index is 1.80. The number of fused-ring (bicyclic) bond motifs is 1. The lowest BCUT2D eigenvalue weighted by molar-refractivity contribution is -0.113. The van der Waals surface area contributed by atoms with Crippen LogP contribution in [0.3, 0.4) is 0 Å². The summed E-state index contributed by atoms with van der Waals surface area (Å²) in [6, 6.07) is 7.17. The minimum atomic E-state index is -0.231. The molecule has 0 atom stereocenters. The average molecular weight is 352 g/mol. The highest BCUT2D eigenvalue weighted by atomic mass is 79.9. The monoisotopic (exact) mass is 351 g/mol. The van der Waals surface area contributed by atoms with E-state index in [0.717, 1.165) is 15.1 Å². The molecule has 1 aliphatic rings. The number of thioether (sulfide) groups is 1. The Bertz CT molecular complexity index is 699. The Morgan fingerprint density at radius 1 is 1.35 bits per heavy atom. The van der Waals surface area contributed by atoms with Crippen molar-refractivity contribution in [1.82, 2.24) is 4.98 Å². The van der Waals surface area contributed by atoms with Gasteiger partial charge in [0.25, 0.3) is 5.91 Å². The van der Waals surface area contributed by atoms with Crippen LogP contribution in [0.5, 0.6) is 0 Å². The average Bonchev–Trinajstić information content (AvgIpc) is 2.85. The van der Waals surface area contributed by atoms with Gasteiger partial charge in [-0.05, 0) is 40.2 Å². The Morgan fingerprint density at radius 3 is 2.95 bits per heavy atom. The van der Waals surface area contributed by atoms with Crippen LogP contribution in [-0.4, -0.2) is 22.6 Å². The quantitative estimate of drug-likeness (QED) is 0.778. The molecule has 0 fully saturated rings. The van der Waals surface area contributed by atoms with Crippen LogP contribution in [0.15, 0.2) is 39.8 Å². The first kappa shape index (κ1) is 13.3. The third-order valence-corrected chi connectivity index (χ3v) is 4.29. The fraction of sp³-hybridized carbons (Fsp3) is 0.0769. The van der Waals surface area contributed by atoms with Crippen LogP contribution in [-0.2, 0) is 4.79 Å². The van der Waals surface area contributed by atoms with Gasteiger partial charge in [-0.2, -0.15) is 0 Å². The lowest BCUT2D eigenvalue weighted by Gasteiger charge is -2.17. The summed E-state index contributed by atoms with van der Waals surface area (Å²) in [6.07, 6.45) is 1.69. The summed E-state index contributed by atoms with van der Waals surface area (Å²) in [4.78, 5) is 27.2. The first-order valence-electron chi connectivity index (χ1n) is 5.84. The summed E-state index contributed by atoms with van der Waals surface area (Å²) in [5, 5.41) is 5.58. The molecule has 0 aliphatic carbocycles. The minimum absolute atomic E-state index is 0.0284. The largest absolute Gasteiger partial charge is 0.356 e. The predicted octanol–water partition coefficient (Wildman–Crippen LogP) is 3.07. The van der Waals surface area contributed by atoms with Gasteiger partial charge in [0.05, 0.1) is 11.4 Å². The number of amides is 2. The molecule has 0 saturated heterocycles. The van der Waals surface area contributed by atoms with Crippen molar-refractivity contribution in [1.29, 1.82) is 0 Å². The van der Waals surface area contributed by atoms with Gasteiger partial charge in [-0.1, -0.05) is 0 Å². The molecule has 1 aromatic heterocycles. The highest BCUT2D eigenvalue weighted by molar-refractivity contribution is 9.10. The van der Waals surface area contributed by atoms with Crippen LogP contribution < -0.4 is 10.6 Å². The summed E-state index contributed by atoms with van der Waals surface area (Å²) in [5.74, 6) is 0.166. The molecule has 0 radical (unpaired) electrons. The number of carbonyl (C=O) groups is 2. The van der Waals surface area contributed by atoms with E-state index in [2.05, 4.69) is 31.5 Å². The van der Waals surface area contributed by atoms with Crippen molar-refractivity contribution in [2.45, 2.75) is 4.90 Å². The van der Waals surface area contributed by atoms with Crippen molar-refractivity contribution in [3.8, 4) is 0 Å². The summed E-state index contributed by atoms with van der Waals surface area (Å²) in [7, 11) is 0. The molecule has 20 heavy (non-hydrogen) atoms. The molecule has 5 nitrogen and oxygen atoms in total. The first-order chi connectivity index (χ1) is 9.61. The number of aromatic amines is 1. The number of aromatic nitrogens is 1. The van der Waals surface area contributed by atoms with E-state index >= 15 is 0 Å². The number of anilines is 2. The molecule has 0 spiro atoms. The van der Waals surface area contributed by atoms with E-state index < -0.39 is 0 Å². The van der Waals surface area contributed by atoms with Gasteiger partial charge in [-0.15, -0.1) is 11.8 Å². The molecular formula is C13H10BrN3O2S. The van der Waals surface area contributed by atoms with Gasteiger partial charge in [-0.3, -0.25) is 9.59 Å². The Hall–Kier alpha value is -1.73. The zero-order chi connectivity index (χ0) is 14.1. The fourth-order valence-corrected chi connectivity index (χ4v) is 2.99. The van der Waals surface area contributed by atoms with E-state index in [9.17, 15) is 9.59 Å². The summed E-state index contributed by atoms with van der Waals surface area (Å²) >= 11 is 4.77. The number of benzene rings is 1. The summed E-state index contributed by atoms with van der Waals surface area (Å²) < 4.78 is 0.816. The van der Waals surface area contributed by atoms with Gasteiger partial charge in [0, 0.05) is 21.3 Å². The molecule has 0 bridgehead atoms. The van der Waals surface area contributed by atoms with E-state index in [4.69, 9.17) is 0 Å². The van der Waals surface area contributed by atoms with E-state index in [1.807, 2.05) is 12.1 Å². The standard InChI is InChI=1S/C13H10BrN3O2S/c14-7-3-10(15-5-7)13(19)16-8-1-2-11-9(4-8)17-12(18)6-20-11/h1-5,15H,6H2,(H,16,19)(H,17,18). The number of halogens is 1. The maximum absolute atomic E-state index is 12.0. The van der Waals surface area contributed by atoms with Crippen LogP contribution in [0.25, 0.3) is 0 Å². The second-order valence-corrected chi connectivity index (χ2v) is 6.17. The fourth-order valence-electron chi connectivity index (χ4n) is 1.86. The first-order valence-corrected chi connectivity index (χ1v) is 7.61. The Morgan fingerprint density at radius 2 is 2.20 bits per heavy atom. The minimum Gasteiger partial charge on any atom is -0.356 e. The van der Waals surface area contributed by atoms with Crippen LogP contribution in [0.1, 0.15) is 10.5 Å². The zero-order valence-corrected chi connectivity index (χ0v) is 12.6. The van der Waals surface area contributed by atoms with E-state index in [0.29, 0.717) is 17.1 Å². The summed E-state index contributed by atoms with van der Waals surface area (Å²) in [6.45, 7) is 0. The normalized spacial score (nSPS) is 13.6. The third kappa shape index (κ3) is 2.73. The molecule has 3 N–H and O–H groups in total. The number of hydrogen-bond acceptors (Lipinski definition) is 3. The number of nitrogens with one attached hydrogen (secondary N) is 3. The van der Waals surface area contributed by atoms with Crippen LogP contribution in [0, 0.1) is 0 Å². The summed E-state index contributed by atoms with van der Waals surface area (Å²) in [5.41, 5.74) is 1.84.